The van der Waals surface area contributed by atoms with Crippen molar-refractivity contribution in [3.05, 3.63) is 59.2 Å². The van der Waals surface area contributed by atoms with Crippen LogP contribution in [0.15, 0.2) is 42.5 Å². The SMILES string of the molecule is CNC(=O)COc1cc2c(cc1OC)[C@H]1C[C@@H](NC(=O)OC(C)(C)C)[C@H](c3ccccc3)CN1CC2. The number of likely N-dealkylation sites (N-methyl/N-ethyl adjacent to an activating group) is 1. The molecule has 0 aliphatic carbocycles. The minimum Gasteiger partial charge on any atom is -0.493 e. The van der Waals surface area contributed by atoms with Crippen LogP contribution in [0.4, 0.5) is 4.79 Å². The molecule has 0 saturated carbocycles. The molecule has 194 valence electrons. The van der Waals surface area contributed by atoms with Gasteiger partial charge in [-0.3, -0.25) is 9.69 Å². The third-order valence-electron chi connectivity index (χ3n) is 6.86. The van der Waals surface area contributed by atoms with Gasteiger partial charge in [-0.1, -0.05) is 30.3 Å². The smallest absolute Gasteiger partial charge is 0.407 e. The van der Waals surface area contributed by atoms with Crippen molar-refractivity contribution in [2.75, 3.05) is 33.9 Å². The maximum Gasteiger partial charge on any atom is 0.407 e. The Morgan fingerprint density at radius 3 is 2.53 bits per heavy atom. The van der Waals surface area contributed by atoms with Crippen LogP contribution in [0.25, 0.3) is 0 Å². The van der Waals surface area contributed by atoms with Gasteiger partial charge in [-0.15, -0.1) is 0 Å². The molecule has 2 aliphatic rings. The second-order valence-corrected chi connectivity index (χ2v) is 10.4. The maximum atomic E-state index is 12.8. The second-order valence-electron chi connectivity index (χ2n) is 10.4. The summed E-state index contributed by atoms with van der Waals surface area (Å²) in [5, 5.41) is 5.75. The van der Waals surface area contributed by atoms with Gasteiger partial charge in [-0.2, -0.15) is 0 Å². The van der Waals surface area contributed by atoms with E-state index >= 15 is 0 Å². The number of piperidine rings is 1. The van der Waals surface area contributed by atoms with Gasteiger partial charge in [0.2, 0.25) is 0 Å². The Balaban J connectivity index is 1.62. The first-order valence-electron chi connectivity index (χ1n) is 12.5. The lowest BCUT2D eigenvalue weighted by Crippen LogP contribution is -2.53. The molecule has 8 nitrogen and oxygen atoms in total. The van der Waals surface area contributed by atoms with E-state index < -0.39 is 11.7 Å². The standard InChI is InChI=1S/C28H37N3O5/c1-28(2,3)36-27(33)30-22-15-23-20-14-24(34-5)25(35-17-26(32)29-4)13-19(20)11-12-31(23)16-21(22)18-9-7-6-8-10-18/h6-10,13-14,21-23H,11-12,15-17H2,1-5H3,(H,29,32)(H,30,33)/t21-,22+,23+/m0/s1. The zero-order valence-corrected chi connectivity index (χ0v) is 21.8. The third kappa shape index (κ3) is 5.93. The molecule has 2 heterocycles. The van der Waals surface area contributed by atoms with Gasteiger partial charge in [-0.25, -0.2) is 4.79 Å². The predicted octanol–water partition coefficient (Wildman–Crippen LogP) is 3.80. The highest BCUT2D eigenvalue weighted by molar-refractivity contribution is 5.77. The number of nitrogens with one attached hydrogen (secondary N) is 2. The number of nitrogens with zero attached hydrogens (tertiary/aromatic N) is 1. The zero-order valence-electron chi connectivity index (χ0n) is 21.8. The minimum absolute atomic E-state index is 0.0676. The monoisotopic (exact) mass is 495 g/mol. The van der Waals surface area contributed by atoms with E-state index in [0.717, 1.165) is 25.9 Å². The summed E-state index contributed by atoms with van der Waals surface area (Å²) >= 11 is 0. The molecule has 2 amide bonds. The van der Waals surface area contributed by atoms with Crippen molar-refractivity contribution in [2.24, 2.45) is 0 Å². The van der Waals surface area contributed by atoms with Gasteiger partial charge in [0.25, 0.3) is 5.91 Å². The van der Waals surface area contributed by atoms with Crippen molar-refractivity contribution in [1.29, 1.82) is 0 Å². The van der Waals surface area contributed by atoms with Gasteiger partial charge in [0.05, 0.1) is 7.11 Å². The molecule has 3 atom stereocenters. The highest BCUT2D eigenvalue weighted by Crippen LogP contribution is 2.44. The molecule has 8 heteroatoms. The van der Waals surface area contributed by atoms with E-state index in [1.807, 2.05) is 51.1 Å². The number of rotatable bonds is 6. The zero-order chi connectivity index (χ0) is 25.9. The van der Waals surface area contributed by atoms with E-state index in [2.05, 4.69) is 27.7 Å². The van der Waals surface area contributed by atoms with E-state index in [9.17, 15) is 9.59 Å². The number of methoxy groups -OCH3 is 1. The van der Waals surface area contributed by atoms with Crippen LogP contribution in [-0.2, 0) is 16.0 Å². The van der Waals surface area contributed by atoms with E-state index in [4.69, 9.17) is 14.2 Å². The highest BCUT2D eigenvalue weighted by Gasteiger charge is 2.41. The number of carbonyl (C=O) groups is 2. The lowest BCUT2D eigenvalue weighted by molar-refractivity contribution is -0.122. The van der Waals surface area contributed by atoms with Crippen LogP contribution in [0, 0.1) is 0 Å². The summed E-state index contributed by atoms with van der Waals surface area (Å²) in [6.07, 6.45) is 1.22. The normalized spacial score (nSPS) is 21.5. The summed E-state index contributed by atoms with van der Waals surface area (Å²) in [4.78, 5) is 27.0. The summed E-state index contributed by atoms with van der Waals surface area (Å²) in [6, 6.07) is 14.4. The van der Waals surface area contributed by atoms with Crippen LogP contribution in [0.2, 0.25) is 0 Å². The highest BCUT2D eigenvalue weighted by atomic mass is 16.6. The fourth-order valence-electron chi connectivity index (χ4n) is 5.18. The Kier molecular flexibility index (Phi) is 7.73. The van der Waals surface area contributed by atoms with Crippen LogP contribution in [0.1, 0.15) is 55.8 Å². The Morgan fingerprint density at radius 1 is 1.11 bits per heavy atom. The fraction of sp³-hybridized carbons (Fsp3) is 0.500. The molecule has 1 fully saturated rings. The number of hydrogen-bond donors (Lipinski definition) is 2. The maximum absolute atomic E-state index is 12.8. The van der Waals surface area contributed by atoms with Crippen LogP contribution < -0.4 is 20.1 Å². The number of ether oxygens (including phenoxy) is 3. The topological polar surface area (TPSA) is 89.1 Å². The first-order valence-corrected chi connectivity index (χ1v) is 12.5. The van der Waals surface area contributed by atoms with Crippen molar-refractivity contribution in [3.8, 4) is 11.5 Å². The van der Waals surface area contributed by atoms with Crippen molar-refractivity contribution >= 4 is 12.0 Å². The Morgan fingerprint density at radius 2 is 1.86 bits per heavy atom. The second kappa shape index (κ2) is 10.8. The molecule has 2 aromatic rings. The van der Waals surface area contributed by atoms with Crippen LogP contribution in [0.5, 0.6) is 11.5 Å². The largest absolute Gasteiger partial charge is 0.493 e. The summed E-state index contributed by atoms with van der Waals surface area (Å²) < 4.78 is 17.0. The lowest BCUT2D eigenvalue weighted by Gasteiger charge is -2.47. The van der Waals surface area contributed by atoms with Gasteiger partial charge in [0, 0.05) is 38.1 Å². The van der Waals surface area contributed by atoms with Crippen molar-refractivity contribution in [2.45, 2.75) is 57.2 Å². The van der Waals surface area contributed by atoms with E-state index in [1.165, 1.54) is 16.7 Å². The van der Waals surface area contributed by atoms with Gasteiger partial charge >= 0.3 is 6.09 Å². The number of fused-ring (bicyclic) bond motifs is 3. The molecule has 0 unspecified atom stereocenters. The Bertz CT molecular complexity index is 1080. The van der Waals surface area contributed by atoms with Gasteiger partial charge in [-0.05, 0) is 62.4 Å². The van der Waals surface area contributed by atoms with Crippen LogP contribution in [-0.4, -0.2) is 62.4 Å². The number of amides is 2. The molecular weight excluding hydrogens is 458 g/mol. The van der Waals surface area contributed by atoms with Crippen molar-refractivity contribution in [1.82, 2.24) is 15.5 Å². The van der Waals surface area contributed by atoms with Crippen molar-refractivity contribution < 1.29 is 23.8 Å². The van der Waals surface area contributed by atoms with Crippen LogP contribution in [0.3, 0.4) is 0 Å². The molecule has 0 radical (unpaired) electrons. The molecule has 0 aromatic heterocycles. The fourth-order valence-corrected chi connectivity index (χ4v) is 5.18. The van der Waals surface area contributed by atoms with Gasteiger partial charge < -0.3 is 24.8 Å². The molecule has 2 N–H and O–H groups in total. The van der Waals surface area contributed by atoms with Gasteiger partial charge in [0.15, 0.2) is 18.1 Å². The third-order valence-corrected chi connectivity index (χ3v) is 6.86. The van der Waals surface area contributed by atoms with Crippen LogP contribution >= 0.6 is 0 Å². The van der Waals surface area contributed by atoms with Gasteiger partial charge in [0.1, 0.15) is 5.60 Å². The predicted molar refractivity (Wildman–Crippen MR) is 138 cm³/mol. The summed E-state index contributed by atoms with van der Waals surface area (Å²) in [6.45, 7) is 7.28. The minimum atomic E-state index is -0.567. The molecule has 36 heavy (non-hydrogen) atoms. The molecule has 4 rings (SSSR count). The summed E-state index contributed by atoms with van der Waals surface area (Å²) in [5.74, 6) is 1.11. The number of alkyl carbamates (subject to hydrolysis) is 1. The number of benzene rings is 2. The molecule has 2 aromatic carbocycles. The Hall–Kier alpha value is -3.26. The molecular formula is C28H37N3O5. The molecule has 0 bridgehead atoms. The lowest BCUT2D eigenvalue weighted by atomic mass is 9.78. The molecule has 1 saturated heterocycles. The summed E-state index contributed by atoms with van der Waals surface area (Å²) in [5.41, 5.74) is 2.99. The number of hydrogen-bond acceptors (Lipinski definition) is 6. The number of carbonyl (C=O) groups excluding carboxylic acids is 2. The van der Waals surface area contributed by atoms with E-state index in [1.54, 1.807) is 14.2 Å². The first kappa shape index (κ1) is 25.8. The van der Waals surface area contributed by atoms with Crippen molar-refractivity contribution in [3.63, 3.8) is 0 Å². The van der Waals surface area contributed by atoms with E-state index in [-0.39, 0.29) is 30.5 Å². The van der Waals surface area contributed by atoms with E-state index in [0.29, 0.717) is 11.5 Å². The molecule has 0 spiro atoms. The average Bonchev–Trinajstić information content (AvgIpc) is 2.85. The Labute approximate surface area is 213 Å². The average molecular weight is 496 g/mol. The molecule has 2 aliphatic heterocycles. The first-order chi connectivity index (χ1) is 17.2. The summed E-state index contributed by atoms with van der Waals surface area (Å²) in [7, 11) is 3.19. The quantitative estimate of drug-likeness (QED) is 0.634.